The molecule has 1 unspecified atom stereocenters. The maximum Gasteiger partial charge on any atom is 0.241 e. The highest BCUT2D eigenvalue weighted by Gasteiger charge is 2.28. The van der Waals surface area contributed by atoms with Gasteiger partial charge in [0.15, 0.2) is 0 Å². The van der Waals surface area contributed by atoms with E-state index in [1.54, 1.807) is 12.1 Å². The molecular weight excluding hydrogens is 520 g/mol. The molecule has 0 aliphatic carbocycles. The second-order valence-corrected chi connectivity index (χ2v) is 12.6. The van der Waals surface area contributed by atoms with Crippen LogP contribution in [0.5, 0.6) is 0 Å². The van der Waals surface area contributed by atoms with E-state index >= 15 is 0 Å². The summed E-state index contributed by atoms with van der Waals surface area (Å²) in [5.41, 5.74) is 3.24. The lowest BCUT2D eigenvalue weighted by Crippen LogP contribution is -2.41. The molecule has 8 heteroatoms. The zero-order chi connectivity index (χ0) is 27.5. The Balaban J connectivity index is 1.16. The van der Waals surface area contributed by atoms with Gasteiger partial charge in [-0.05, 0) is 66.5 Å². The summed E-state index contributed by atoms with van der Waals surface area (Å²) in [5, 5.41) is 1.83. The van der Waals surface area contributed by atoms with E-state index in [-0.39, 0.29) is 17.2 Å². The average molecular weight is 557 g/mol. The third-order valence-corrected chi connectivity index (χ3v) is 9.72. The van der Waals surface area contributed by atoms with Crippen LogP contribution in [0.1, 0.15) is 42.3 Å². The van der Waals surface area contributed by atoms with Crippen LogP contribution in [0.3, 0.4) is 0 Å². The molecule has 1 N–H and O–H groups in total. The predicted octanol–water partition coefficient (Wildman–Crippen LogP) is 4.73. The Labute approximate surface area is 236 Å². The maximum absolute atomic E-state index is 13.6. The fourth-order valence-corrected chi connectivity index (χ4v) is 7.25. The Bertz CT molecular complexity index is 1590. The Hall–Kier alpha value is -3.46. The number of nitrogens with one attached hydrogen (secondary N) is 1. The molecule has 6 rings (SSSR count). The molecule has 3 heterocycles. The summed E-state index contributed by atoms with van der Waals surface area (Å²) < 4.78 is 32.2. The first kappa shape index (κ1) is 26.7. The standard InChI is InChI=1S/C32H36N4O3S/c37-32(35-20-21-36-28(13-14-29(36)24-35)16-19-34-17-6-7-18-34)23-31(26-9-2-1-3-10-26)33-40(38,39)30-15-12-25-8-4-5-11-27(25)22-30/h1-5,8-15,22,31,33H,6-7,16-21,23-24H2. The van der Waals surface area contributed by atoms with Crippen molar-refractivity contribution >= 4 is 26.7 Å². The molecule has 1 atom stereocenters. The highest BCUT2D eigenvalue weighted by atomic mass is 32.2. The van der Waals surface area contributed by atoms with Crippen molar-refractivity contribution in [2.24, 2.45) is 0 Å². The van der Waals surface area contributed by atoms with Gasteiger partial charge in [0.2, 0.25) is 15.9 Å². The summed E-state index contributed by atoms with van der Waals surface area (Å²) in [5.74, 6) is -0.0545. The quantitative estimate of drug-likeness (QED) is 0.324. The molecule has 0 bridgehead atoms. The minimum atomic E-state index is -3.86. The zero-order valence-corrected chi connectivity index (χ0v) is 23.5. The van der Waals surface area contributed by atoms with E-state index in [0.29, 0.717) is 13.1 Å². The number of hydrogen-bond donors (Lipinski definition) is 1. The van der Waals surface area contributed by atoms with Crippen LogP contribution in [-0.4, -0.2) is 54.9 Å². The van der Waals surface area contributed by atoms with E-state index in [4.69, 9.17) is 0 Å². The number of hydrogen-bond acceptors (Lipinski definition) is 4. The molecule has 208 valence electrons. The van der Waals surface area contributed by atoms with Crippen molar-refractivity contribution in [3.8, 4) is 0 Å². The van der Waals surface area contributed by atoms with Crippen LogP contribution >= 0.6 is 0 Å². The molecule has 1 aromatic heterocycles. The van der Waals surface area contributed by atoms with Crippen LogP contribution in [0.25, 0.3) is 10.8 Å². The van der Waals surface area contributed by atoms with Gasteiger partial charge in [0, 0.05) is 43.9 Å². The molecule has 7 nitrogen and oxygen atoms in total. The molecule has 1 saturated heterocycles. The van der Waals surface area contributed by atoms with E-state index in [0.717, 1.165) is 41.5 Å². The van der Waals surface area contributed by atoms with Crippen LogP contribution in [0, 0.1) is 0 Å². The van der Waals surface area contributed by atoms with E-state index in [9.17, 15) is 13.2 Å². The normalized spacial score (nSPS) is 16.8. The van der Waals surface area contributed by atoms with Gasteiger partial charge in [-0.1, -0.05) is 60.7 Å². The first-order chi connectivity index (χ1) is 19.5. The van der Waals surface area contributed by atoms with Crippen molar-refractivity contribution in [3.05, 3.63) is 102 Å². The Morgan fingerprint density at radius 1 is 0.825 bits per heavy atom. The average Bonchev–Trinajstić information content (AvgIpc) is 3.65. The summed E-state index contributed by atoms with van der Waals surface area (Å²) in [4.78, 5) is 18.2. The number of sulfonamides is 1. The molecule has 40 heavy (non-hydrogen) atoms. The van der Waals surface area contributed by atoms with Crippen LogP contribution < -0.4 is 4.72 Å². The highest BCUT2D eigenvalue weighted by Crippen LogP contribution is 2.26. The topological polar surface area (TPSA) is 74.6 Å². The maximum atomic E-state index is 13.6. The van der Waals surface area contributed by atoms with Crippen molar-refractivity contribution in [2.45, 2.75) is 49.7 Å². The Morgan fingerprint density at radius 3 is 2.38 bits per heavy atom. The third kappa shape index (κ3) is 5.84. The molecule has 1 fully saturated rings. The summed E-state index contributed by atoms with van der Waals surface area (Å²) in [6, 6.07) is 25.8. The molecule has 1 amide bonds. The van der Waals surface area contributed by atoms with Crippen molar-refractivity contribution in [1.29, 1.82) is 0 Å². The van der Waals surface area contributed by atoms with E-state index in [1.807, 2.05) is 65.6 Å². The van der Waals surface area contributed by atoms with E-state index in [2.05, 4.69) is 26.3 Å². The van der Waals surface area contributed by atoms with Gasteiger partial charge in [-0.2, -0.15) is 0 Å². The summed E-state index contributed by atoms with van der Waals surface area (Å²) in [6.07, 6.45) is 3.68. The second-order valence-electron chi connectivity index (χ2n) is 10.9. The monoisotopic (exact) mass is 556 g/mol. The van der Waals surface area contributed by atoms with Gasteiger partial charge in [-0.25, -0.2) is 13.1 Å². The lowest BCUT2D eigenvalue weighted by molar-refractivity contribution is -0.133. The molecule has 4 aromatic rings. The number of rotatable bonds is 9. The molecule has 2 aliphatic heterocycles. The molecule has 0 saturated carbocycles. The first-order valence-corrected chi connectivity index (χ1v) is 15.7. The van der Waals surface area contributed by atoms with Crippen LogP contribution in [-0.2, 0) is 34.3 Å². The van der Waals surface area contributed by atoms with E-state index < -0.39 is 16.1 Å². The van der Waals surface area contributed by atoms with Gasteiger partial charge in [-0.15, -0.1) is 0 Å². The van der Waals surface area contributed by atoms with Gasteiger partial charge in [0.05, 0.1) is 17.5 Å². The van der Waals surface area contributed by atoms with Crippen LogP contribution in [0.4, 0.5) is 0 Å². The second kappa shape index (κ2) is 11.6. The SMILES string of the molecule is O=C(CC(NS(=O)(=O)c1ccc2ccccc2c1)c1ccccc1)N1CCn2c(CCN3CCCC3)ccc2C1. The fraction of sp³-hybridized carbons (Fsp3) is 0.344. The summed E-state index contributed by atoms with van der Waals surface area (Å²) in [7, 11) is -3.86. The van der Waals surface area contributed by atoms with Gasteiger partial charge in [0.1, 0.15) is 0 Å². The summed E-state index contributed by atoms with van der Waals surface area (Å²) >= 11 is 0. The van der Waals surface area contributed by atoms with Gasteiger partial charge < -0.3 is 14.4 Å². The minimum Gasteiger partial charge on any atom is -0.345 e. The third-order valence-electron chi connectivity index (χ3n) is 8.25. The Kier molecular flexibility index (Phi) is 7.74. The largest absolute Gasteiger partial charge is 0.345 e. The van der Waals surface area contributed by atoms with Gasteiger partial charge in [0.25, 0.3) is 0 Å². The van der Waals surface area contributed by atoms with Crippen molar-refractivity contribution in [2.75, 3.05) is 26.2 Å². The van der Waals surface area contributed by atoms with Crippen LogP contribution in [0.15, 0.2) is 89.8 Å². The smallest absolute Gasteiger partial charge is 0.241 e. The van der Waals surface area contributed by atoms with Crippen LogP contribution in [0.2, 0.25) is 0 Å². The number of aromatic nitrogens is 1. The first-order valence-electron chi connectivity index (χ1n) is 14.2. The highest BCUT2D eigenvalue weighted by molar-refractivity contribution is 7.89. The van der Waals surface area contributed by atoms with Gasteiger partial charge in [-0.3, -0.25) is 4.79 Å². The number of fused-ring (bicyclic) bond motifs is 2. The number of likely N-dealkylation sites (tertiary alicyclic amines) is 1. The molecular formula is C32H36N4O3S. The minimum absolute atomic E-state index is 0.0545. The van der Waals surface area contributed by atoms with Gasteiger partial charge >= 0.3 is 0 Å². The molecule has 0 radical (unpaired) electrons. The van der Waals surface area contributed by atoms with E-state index in [1.165, 1.54) is 31.6 Å². The predicted molar refractivity (Wildman–Crippen MR) is 157 cm³/mol. The number of carbonyl (C=O) groups is 1. The molecule has 2 aliphatic rings. The zero-order valence-electron chi connectivity index (χ0n) is 22.7. The number of carbonyl (C=O) groups excluding carboxylic acids is 1. The van der Waals surface area contributed by atoms with Crippen molar-refractivity contribution in [3.63, 3.8) is 0 Å². The Morgan fingerprint density at radius 2 is 1.57 bits per heavy atom. The molecule has 3 aromatic carbocycles. The lowest BCUT2D eigenvalue weighted by atomic mass is 10.0. The number of nitrogens with zero attached hydrogens (tertiary/aromatic N) is 3. The molecule has 0 spiro atoms. The fourth-order valence-electron chi connectivity index (χ4n) is 5.99. The van der Waals surface area contributed by atoms with Crippen molar-refractivity contribution < 1.29 is 13.2 Å². The number of benzene rings is 3. The van der Waals surface area contributed by atoms with Crippen molar-refractivity contribution in [1.82, 2.24) is 19.1 Å². The lowest BCUT2D eigenvalue weighted by Gasteiger charge is -2.31. The number of amides is 1. The summed E-state index contributed by atoms with van der Waals surface area (Å²) in [6.45, 7) is 5.41.